The summed E-state index contributed by atoms with van der Waals surface area (Å²) in [7, 11) is 3.09. The number of benzene rings is 1. The highest BCUT2D eigenvalue weighted by molar-refractivity contribution is 5.91. The van der Waals surface area contributed by atoms with Crippen LogP contribution in [0.25, 0.3) is 10.9 Å². The van der Waals surface area contributed by atoms with Gasteiger partial charge >= 0.3 is 0 Å². The quantitative estimate of drug-likeness (QED) is 0.562. The molecule has 0 aliphatic heterocycles. The van der Waals surface area contributed by atoms with Crippen molar-refractivity contribution in [3.05, 3.63) is 36.0 Å². The summed E-state index contributed by atoms with van der Waals surface area (Å²) in [4.78, 5) is 40.1. The molecule has 146 valence electrons. The highest BCUT2D eigenvalue weighted by atomic mass is 16.2. The van der Waals surface area contributed by atoms with Gasteiger partial charge in [0.15, 0.2) is 0 Å². The molecule has 2 aromatic rings. The van der Waals surface area contributed by atoms with Gasteiger partial charge in [0.2, 0.25) is 17.7 Å². The van der Waals surface area contributed by atoms with E-state index in [0.717, 1.165) is 16.5 Å². The second-order valence-corrected chi connectivity index (χ2v) is 6.97. The predicted octanol–water partition coefficient (Wildman–Crippen LogP) is 1.35. The van der Waals surface area contributed by atoms with Crippen LogP contribution in [0.15, 0.2) is 30.5 Å². The number of fused-ring (bicyclic) bond motifs is 1. The third kappa shape index (κ3) is 5.09. The average molecular weight is 372 g/mol. The van der Waals surface area contributed by atoms with Crippen molar-refractivity contribution in [1.82, 2.24) is 20.9 Å². The van der Waals surface area contributed by atoms with Gasteiger partial charge in [-0.3, -0.25) is 14.4 Å². The molecule has 0 radical (unpaired) electrons. The van der Waals surface area contributed by atoms with E-state index in [1.807, 2.05) is 44.3 Å². The van der Waals surface area contributed by atoms with Crippen LogP contribution in [-0.4, -0.2) is 42.8 Å². The molecule has 2 atom stereocenters. The van der Waals surface area contributed by atoms with Gasteiger partial charge in [0, 0.05) is 50.0 Å². The molecule has 1 heterocycles. The fraction of sp³-hybridized carbons (Fsp3) is 0.450. The fourth-order valence-electron chi connectivity index (χ4n) is 3.12. The lowest BCUT2D eigenvalue weighted by atomic mass is 9.90. The largest absolute Gasteiger partial charge is 0.361 e. The monoisotopic (exact) mass is 372 g/mol. The number of hydrogen-bond donors (Lipinski definition) is 4. The maximum atomic E-state index is 12.8. The summed E-state index contributed by atoms with van der Waals surface area (Å²) in [6, 6.07) is 7.10. The summed E-state index contributed by atoms with van der Waals surface area (Å²) in [5.74, 6) is -1.28. The number of para-hydroxylation sites is 1. The normalized spacial score (nSPS) is 13.2. The molecular formula is C20H28N4O3. The summed E-state index contributed by atoms with van der Waals surface area (Å²) in [5, 5.41) is 9.01. The molecule has 1 aromatic carbocycles. The minimum Gasteiger partial charge on any atom is -0.361 e. The van der Waals surface area contributed by atoms with Crippen molar-refractivity contribution < 1.29 is 14.4 Å². The van der Waals surface area contributed by atoms with E-state index in [4.69, 9.17) is 0 Å². The number of nitrogens with one attached hydrogen (secondary N) is 4. The van der Waals surface area contributed by atoms with Gasteiger partial charge < -0.3 is 20.9 Å². The minimum absolute atomic E-state index is 0.0271. The Morgan fingerprint density at radius 2 is 1.74 bits per heavy atom. The van der Waals surface area contributed by atoms with E-state index >= 15 is 0 Å². The van der Waals surface area contributed by atoms with Crippen molar-refractivity contribution in [2.24, 2.45) is 11.8 Å². The molecular weight excluding hydrogens is 344 g/mol. The zero-order chi connectivity index (χ0) is 20.0. The third-order valence-corrected chi connectivity index (χ3v) is 4.80. The summed E-state index contributed by atoms with van der Waals surface area (Å²) >= 11 is 0. The van der Waals surface area contributed by atoms with Crippen LogP contribution < -0.4 is 16.0 Å². The van der Waals surface area contributed by atoms with E-state index < -0.39 is 12.0 Å². The first-order valence-electron chi connectivity index (χ1n) is 9.14. The predicted molar refractivity (Wildman–Crippen MR) is 105 cm³/mol. The maximum absolute atomic E-state index is 12.8. The number of aromatic nitrogens is 1. The van der Waals surface area contributed by atoms with Gasteiger partial charge in [-0.2, -0.15) is 0 Å². The van der Waals surface area contributed by atoms with Gasteiger partial charge in [0.25, 0.3) is 0 Å². The van der Waals surface area contributed by atoms with Gasteiger partial charge in [-0.25, -0.2) is 0 Å². The maximum Gasteiger partial charge on any atom is 0.242 e. The molecule has 3 amide bonds. The van der Waals surface area contributed by atoms with Crippen molar-refractivity contribution in [3.8, 4) is 0 Å². The molecule has 0 saturated carbocycles. The highest BCUT2D eigenvalue weighted by Gasteiger charge is 2.29. The Morgan fingerprint density at radius 1 is 1.04 bits per heavy atom. The Morgan fingerprint density at radius 3 is 2.37 bits per heavy atom. The molecule has 0 unspecified atom stereocenters. The van der Waals surface area contributed by atoms with Crippen LogP contribution in [-0.2, 0) is 20.8 Å². The number of hydrogen-bond acceptors (Lipinski definition) is 3. The van der Waals surface area contributed by atoms with Gasteiger partial charge in [-0.15, -0.1) is 0 Å². The average Bonchev–Trinajstić information content (AvgIpc) is 3.07. The molecule has 7 heteroatoms. The Labute approximate surface area is 159 Å². The molecule has 2 rings (SSSR count). The number of amides is 3. The minimum atomic E-state index is -0.715. The van der Waals surface area contributed by atoms with E-state index in [0.29, 0.717) is 6.42 Å². The van der Waals surface area contributed by atoms with Crippen LogP contribution in [0.5, 0.6) is 0 Å². The zero-order valence-corrected chi connectivity index (χ0v) is 16.3. The number of rotatable bonds is 8. The van der Waals surface area contributed by atoms with Crippen molar-refractivity contribution in [1.29, 1.82) is 0 Å². The number of carbonyl (C=O) groups is 3. The Bertz CT molecular complexity index is 812. The van der Waals surface area contributed by atoms with Crippen molar-refractivity contribution in [2.45, 2.75) is 32.7 Å². The van der Waals surface area contributed by atoms with Crippen LogP contribution in [0, 0.1) is 11.8 Å². The molecule has 0 aliphatic carbocycles. The summed E-state index contributed by atoms with van der Waals surface area (Å²) < 4.78 is 0. The van der Waals surface area contributed by atoms with E-state index in [9.17, 15) is 14.4 Å². The molecule has 0 spiro atoms. The fourth-order valence-corrected chi connectivity index (χ4v) is 3.12. The zero-order valence-electron chi connectivity index (χ0n) is 16.3. The topological polar surface area (TPSA) is 103 Å². The molecule has 0 fully saturated rings. The third-order valence-electron chi connectivity index (χ3n) is 4.80. The summed E-state index contributed by atoms with van der Waals surface area (Å²) in [6.45, 7) is 3.78. The summed E-state index contributed by atoms with van der Waals surface area (Å²) in [5.41, 5.74) is 1.93. The van der Waals surface area contributed by atoms with Gasteiger partial charge in [0.1, 0.15) is 6.04 Å². The van der Waals surface area contributed by atoms with E-state index in [1.54, 1.807) is 14.1 Å². The van der Waals surface area contributed by atoms with E-state index in [2.05, 4.69) is 20.9 Å². The van der Waals surface area contributed by atoms with Crippen LogP contribution in [0.1, 0.15) is 25.8 Å². The molecule has 27 heavy (non-hydrogen) atoms. The number of aromatic amines is 1. The van der Waals surface area contributed by atoms with Crippen LogP contribution in [0.4, 0.5) is 0 Å². The second-order valence-electron chi connectivity index (χ2n) is 6.97. The van der Waals surface area contributed by atoms with Gasteiger partial charge in [-0.05, 0) is 17.5 Å². The Hall–Kier alpha value is -2.83. The molecule has 0 aliphatic rings. The van der Waals surface area contributed by atoms with Crippen LogP contribution in [0.3, 0.4) is 0 Å². The van der Waals surface area contributed by atoms with Crippen molar-refractivity contribution in [3.63, 3.8) is 0 Å². The molecule has 1 aromatic heterocycles. The standard InChI is InChI=1S/C20H28N4O3/c1-12(2)15(10-18(25)21-3)19(26)24-17(20(27)22-4)9-13-11-23-16-8-6-5-7-14(13)16/h5-8,11-12,15,17,23H,9-10H2,1-4H3,(H,21,25)(H,22,27)(H,24,26)/t15-,17+/m1/s1. The first-order valence-corrected chi connectivity index (χ1v) is 9.14. The number of H-pyrrole nitrogens is 1. The van der Waals surface area contributed by atoms with Crippen LogP contribution >= 0.6 is 0 Å². The second kappa shape index (κ2) is 9.21. The van der Waals surface area contributed by atoms with Gasteiger partial charge in [-0.1, -0.05) is 32.0 Å². The van der Waals surface area contributed by atoms with E-state index in [-0.39, 0.29) is 30.1 Å². The van der Waals surface area contributed by atoms with E-state index in [1.165, 1.54) is 0 Å². The molecule has 7 nitrogen and oxygen atoms in total. The lowest BCUT2D eigenvalue weighted by Crippen LogP contribution is -2.50. The smallest absolute Gasteiger partial charge is 0.242 e. The SMILES string of the molecule is CNC(=O)C[C@@H](C(=O)N[C@@H](Cc1c[nH]c2ccccc12)C(=O)NC)C(C)C. The Balaban J connectivity index is 2.19. The number of likely N-dealkylation sites (N-methyl/N-ethyl adjacent to an activating group) is 1. The molecule has 4 N–H and O–H groups in total. The van der Waals surface area contributed by atoms with Crippen LogP contribution in [0.2, 0.25) is 0 Å². The summed E-state index contributed by atoms with van der Waals surface area (Å²) in [6.07, 6.45) is 2.31. The molecule has 0 bridgehead atoms. The lowest BCUT2D eigenvalue weighted by Gasteiger charge is -2.23. The Kier molecular flexibility index (Phi) is 6.98. The lowest BCUT2D eigenvalue weighted by molar-refractivity contribution is -0.134. The first-order chi connectivity index (χ1) is 12.9. The highest BCUT2D eigenvalue weighted by Crippen LogP contribution is 2.20. The van der Waals surface area contributed by atoms with Crippen molar-refractivity contribution >= 4 is 28.6 Å². The number of carbonyl (C=O) groups excluding carboxylic acids is 3. The molecule has 0 saturated heterocycles. The van der Waals surface area contributed by atoms with Crippen molar-refractivity contribution in [2.75, 3.05) is 14.1 Å². The first kappa shape index (κ1) is 20.5. The van der Waals surface area contributed by atoms with Gasteiger partial charge in [0.05, 0.1) is 0 Å².